The zero-order valence-corrected chi connectivity index (χ0v) is 29.8. The third kappa shape index (κ3) is 5.34. The summed E-state index contributed by atoms with van der Waals surface area (Å²) >= 11 is 0. The molecule has 0 aliphatic heterocycles. The molecule has 0 saturated carbocycles. The van der Waals surface area contributed by atoms with Crippen molar-refractivity contribution in [1.29, 1.82) is 0 Å². The number of carbonyl (C=O) groups is 1. The lowest BCUT2D eigenvalue weighted by atomic mass is 9.91. The molecule has 0 spiro atoms. The molecule has 0 atom stereocenters. The van der Waals surface area contributed by atoms with Crippen LogP contribution in [0, 0.1) is 0 Å². The molecule has 1 N–H and O–H groups in total. The van der Waals surface area contributed by atoms with E-state index in [0.29, 0.717) is 5.56 Å². The molecule has 8 aromatic rings. The number of carboxylic acid groups (broad SMARTS) is 1. The predicted octanol–water partition coefficient (Wildman–Crippen LogP) is 13.3. The zero-order chi connectivity index (χ0) is 36.9. The van der Waals surface area contributed by atoms with Crippen LogP contribution in [0.3, 0.4) is 0 Å². The quantitative estimate of drug-likeness (QED) is 0.179. The van der Waals surface area contributed by atoms with Crippen LogP contribution in [0.15, 0.2) is 200 Å². The molecule has 0 aromatic heterocycles. The first-order valence-corrected chi connectivity index (χ1v) is 18.5. The Morgan fingerprint density at radius 2 is 0.691 bits per heavy atom. The van der Waals surface area contributed by atoms with E-state index < -0.39 is 5.97 Å². The van der Waals surface area contributed by atoms with Crippen LogP contribution in [0.4, 0.5) is 34.1 Å². The van der Waals surface area contributed by atoms with Crippen molar-refractivity contribution >= 4 is 51.2 Å². The van der Waals surface area contributed by atoms with E-state index in [0.717, 1.165) is 89.8 Å². The molecular weight excluding hydrogens is 673 g/mol. The normalized spacial score (nSPS) is 12.1. The van der Waals surface area contributed by atoms with Gasteiger partial charge >= 0.3 is 5.97 Å². The predicted molar refractivity (Wildman–Crippen MR) is 225 cm³/mol. The molecule has 0 heterocycles. The molecule has 2 aliphatic rings. The Balaban J connectivity index is 1.26. The average molecular weight is 707 g/mol. The minimum Gasteiger partial charge on any atom is -0.478 e. The van der Waals surface area contributed by atoms with Crippen molar-refractivity contribution in [2.75, 3.05) is 9.80 Å². The number of aromatic carboxylic acids is 1. The van der Waals surface area contributed by atoms with Gasteiger partial charge < -0.3 is 14.9 Å². The molecule has 2 aliphatic carbocycles. The fraction of sp³-hybridized carbons (Fsp3) is 0. The molecule has 0 bridgehead atoms. The zero-order valence-electron chi connectivity index (χ0n) is 29.8. The molecule has 4 heteroatoms. The van der Waals surface area contributed by atoms with E-state index in [2.05, 4.69) is 155 Å². The third-order valence-corrected chi connectivity index (χ3v) is 10.7. The topological polar surface area (TPSA) is 43.8 Å². The first-order chi connectivity index (χ1) is 27.2. The molecule has 0 saturated heterocycles. The Morgan fingerprint density at radius 1 is 0.327 bits per heavy atom. The summed E-state index contributed by atoms with van der Waals surface area (Å²) in [5.74, 6) is -0.928. The maximum Gasteiger partial charge on any atom is 0.336 e. The summed E-state index contributed by atoms with van der Waals surface area (Å²) in [5, 5.41) is 10.4. The lowest BCUT2D eigenvalue weighted by Gasteiger charge is -2.26. The van der Waals surface area contributed by atoms with Gasteiger partial charge in [-0.15, -0.1) is 0 Å². The summed E-state index contributed by atoms with van der Waals surface area (Å²) in [6.07, 6.45) is 0. The molecule has 0 unspecified atom stereocenters. The fourth-order valence-electron chi connectivity index (χ4n) is 8.40. The maximum absolute atomic E-state index is 12.6. The van der Waals surface area contributed by atoms with Gasteiger partial charge in [-0.1, -0.05) is 121 Å². The van der Waals surface area contributed by atoms with Crippen molar-refractivity contribution in [1.82, 2.24) is 0 Å². The van der Waals surface area contributed by atoms with Crippen molar-refractivity contribution < 1.29 is 9.90 Å². The van der Waals surface area contributed by atoms with Gasteiger partial charge in [-0.3, -0.25) is 0 Å². The Kier molecular flexibility index (Phi) is 7.74. The van der Waals surface area contributed by atoms with E-state index in [1.807, 2.05) is 48.5 Å². The van der Waals surface area contributed by atoms with Crippen LogP contribution in [-0.2, 0) is 0 Å². The number of hydrogen-bond acceptors (Lipinski definition) is 3. The van der Waals surface area contributed by atoms with Gasteiger partial charge in [0.05, 0.1) is 5.56 Å². The van der Waals surface area contributed by atoms with Gasteiger partial charge in [0.25, 0.3) is 0 Å². The number of benzene rings is 8. The fourth-order valence-corrected chi connectivity index (χ4v) is 8.40. The van der Waals surface area contributed by atoms with Crippen LogP contribution in [0.5, 0.6) is 0 Å². The second-order valence-corrected chi connectivity index (χ2v) is 13.8. The maximum atomic E-state index is 12.6. The smallest absolute Gasteiger partial charge is 0.336 e. The average Bonchev–Trinajstić information content (AvgIpc) is 3.74. The highest BCUT2D eigenvalue weighted by Crippen LogP contribution is 2.56. The SMILES string of the molecule is O=C(O)c1cccc2c1-c1ccccc1C2=C1c2ccc(N(c3ccccc3)c3ccccc3)cc2-c2cc(N(c3ccccc3)c3ccccc3)ccc21. The lowest BCUT2D eigenvalue weighted by molar-refractivity contribution is 0.0697. The number of para-hydroxylation sites is 4. The van der Waals surface area contributed by atoms with Crippen molar-refractivity contribution in [3.63, 3.8) is 0 Å². The van der Waals surface area contributed by atoms with Crippen LogP contribution < -0.4 is 9.80 Å². The third-order valence-electron chi connectivity index (χ3n) is 10.7. The summed E-state index contributed by atoms with van der Waals surface area (Å²) in [6.45, 7) is 0. The Hall–Kier alpha value is -7.43. The van der Waals surface area contributed by atoms with Gasteiger partial charge in [-0.05, 0) is 129 Å². The number of nitrogens with zero attached hydrogens (tertiary/aromatic N) is 2. The second kappa shape index (κ2) is 13.2. The van der Waals surface area contributed by atoms with E-state index in [1.54, 1.807) is 6.07 Å². The molecule has 4 nitrogen and oxygen atoms in total. The van der Waals surface area contributed by atoms with Crippen LogP contribution in [0.25, 0.3) is 33.4 Å². The lowest BCUT2D eigenvalue weighted by Crippen LogP contribution is -2.10. The molecule has 55 heavy (non-hydrogen) atoms. The van der Waals surface area contributed by atoms with E-state index in [9.17, 15) is 9.90 Å². The highest BCUT2D eigenvalue weighted by atomic mass is 16.4. The van der Waals surface area contributed by atoms with Gasteiger partial charge in [0.1, 0.15) is 0 Å². The van der Waals surface area contributed by atoms with Gasteiger partial charge in [0, 0.05) is 39.7 Å². The molecule has 0 amide bonds. The van der Waals surface area contributed by atoms with E-state index in [1.165, 1.54) is 0 Å². The standard InChI is InChI=1S/C51H34N2O2/c54-51(55)45-27-15-26-44-48(45)40-24-13-14-25-41(40)50(44)49-42-30-28-38(52(34-16-5-1-6-17-34)35-18-7-2-8-19-35)32-46(42)47-33-39(29-31-43(47)49)53(36-20-9-3-10-21-36)37-22-11-4-12-23-37/h1-33H,(H,54,55). The molecular formula is C51H34N2O2. The van der Waals surface area contributed by atoms with Gasteiger partial charge in [-0.2, -0.15) is 0 Å². The van der Waals surface area contributed by atoms with Gasteiger partial charge in [-0.25, -0.2) is 4.79 Å². The first kappa shape index (κ1) is 32.2. The highest BCUT2D eigenvalue weighted by molar-refractivity contribution is 6.21. The number of carboxylic acids is 1. The largest absolute Gasteiger partial charge is 0.478 e. The van der Waals surface area contributed by atoms with Crippen LogP contribution in [-0.4, -0.2) is 11.1 Å². The number of rotatable bonds is 7. The highest BCUT2D eigenvalue weighted by Gasteiger charge is 2.35. The molecule has 0 radical (unpaired) electrons. The molecule has 0 fully saturated rings. The summed E-state index contributed by atoms with van der Waals surface area (Å²) < 4.78 is 0. The molecule has 260 valence electrons. The van der Waals surface area contributed by atoms with E-state index in [-0.39, 0.29) is 0 Å². The van der Waals surface area contributed by atoms with Crippen molar-refractivity contribution in [3.8, 4) is 22.3 Å². The van der Waals surface area contributed by atoms with Crippen molar-refractivity contribution in [3.05, 3.63) is 228 Å². The summed E-state index contributed by atoms with van der Waals surface area (Å²) in [6, 6.07) is 69.3. The number of anilines is 6. The monoisotopic (exact) mass is 706 g/mol. The second-order valence-electron chi connectivity index (χ2n) is 13.8. The summed E-state index contributed by atoms with van der Waals surface area (Å²) in [5.41, 5.74) is 17.0. The van der Waals surface area contributed by atoms with Crippen molar-refractivity contribution in [2.45, 2.75) is 0 Å². The van der Waals surface area contributed by atoms with E-state index >= 15 is 0 Å². The van der Waals surface area contributed by atoms with Gasteiger partial charge in [0.15, 0.2) is 0 Å². The van der Waals surface area contributed by atoms with Gasteiger partial charge in [0.2, 0.25) is 0 Å². The Labute approximate surface area is 320 Å². The van der Waals surface area contributed by atoms with E-state index in [4.69, 9.17) is 0 Å². The Morgan fingerprint density at radius 3 is 1.13 bits per heavy atom. The van der Waals surface area contributed by atoms with Crippen LogP contribution >= 0.6 is 0 Å². The number of hydrogen-bond donors (Lipinski definition) is 1. The van der Waals surface area contributed by atoms with Crippen LogP contribution in [0.1, 0.15) is 32.6 Å². The summed E-state index contributed by atoms with van der Waals surface area (Å²) in [4.78, 5) is 17.2. The molecule has 8 aromatic carbocycles. The Bertz CT molecular complexity index is 2560. The first-order valence-electron chi connectivity index (χ1n) is 18.5. The van der Waals surface area contributed by atoms with Crippen molar-refractivity contribution in [2.24, 2.45) is 0 Å². The minimum atomic E-state index is -0.928. The summed E-state index contributed by atoms with van der Waals surface area (Å²) in [7, 11) is 0. The molecule has 10 rings (SSSR count). The van der Waals surface area contributed by atoms with Crippen LogP contribution in [0.2, 0.25) is 0 Å². The minimum absolute atomic E-state index is 0.312. The number of fused-ring (bicyclic) bond motifs is 6.